The number of carbonyl (C=O) groups is 1. The van der Waals surface area contributed by atoms with Crippen molar-refractivity contribution in [1.82, 2.24) is 10.6 Å². The van der Waals surface area contributed by atoms with Crippen LogP contribution in [0.3, 0.4) is 0 Å². The SMILES string of the molecule is CCC(C)C(=O)Nc1cccc(CNC(=NC)NCC(C)C)c1. The van der Waals surface area contributed by atoms with Gasteiger partial charge in [-0.05, 0) is 30.0 Å². The topological polar surface area (TPSA) is 65.5 Å². The Balaban J connectivity index is 2.58. The quantitative estimate of drug-likeness (QED) is 0.535. The minimum absolute atomic E-state index is 0.0239. The molecule has 0 fully saturated rings. The van der Waals surface area contributed by atoms with Crippen LogP contribution in [0.25, 0.3) is 0 Å². The molecule has 3 N–H and O–H groups in total. The van der Waals surface area contributed by atoms with Crippen LogP contribution in [0.5, 0.6) is 0 Å². The van der Waals surface area contributed by atoms with E-state index in [0.29, 0.717) is 12.5 Å². The van der Waals surface area contributed by atoms with Gasteiger partial charge in [0.15, 0.2) is 5.96 Å². The molecule has 1 aromatic carbocycles. The molecule has 128 valence electrons. The number of amides is 1. The first-order valence-corrected chi connectivity index (χ1v) is 8.30. The van der Waals surface area contributed by atoms with Gasteiger partial charge in [-0.3, -0.25) is 9.79 Å². The fraction of sp³-hybridized carbons (Fsp3) is 0.556. The summed E-state index contributed by atoms with van der Waals surface area (Å²) in [7, 11) is 1.76. The van der Waals surface area contributed by atoms with Gasteiger partial charge >= 0.3 is 0 Å². The normalized spacial score (nSPS) is 12.9. The smallest absolute Gasteiger partial charge is 0.227 e. The summed E-state index contributed by atoms with van der Waals surface area (Å²) in [6.45, 7) is 9.80. The van der Waals surface area contributed by atoms with Crippen molar-refractivity contribution in [3.05, 3.63) is 29.8 Å². The van der Waals surface area contributed by atoms with Crippen LogP contribution >= 0.6 is 0 Å². The number of nitrogens with one attached hydrogen (secondary N) is 3. The average Bonchev–Trinajstić information content (AvgIpc) is 2.54. The fourth-order valence-corrected chi connectivity index (χ4v) is 1.92. The first-order chi connectivity index (χ1) is 11.0. The predicted octanol–water partition coefficient (Wildman–Crippen LogP) is 2.99. The molecule has 0 aliphatic carbocycles. The lowest BCUT2D eigenvalue weighted by molar-refractivity contribution is -0.119. The Hall–Kier alpha value is -2.04. The Kier molecular flexibility index (Phi) is 8.16. The zero-order valence-corrected chi connectivity index (χ0v) is 14.9. The third kappa shape index (κ3) is 7.17. The molecule has 5 heteroatoms. The van der Waals surface area contributed by atoms with Crippen molar-refractivity contribution < 1.29 is 4.79 Å². The molecule has 1 atom stereocenters. The number of anilines is 1. The van der Waals surface area contributed by atoms with Crippen molar-refractivity contribution >= 4 is 17.6 Å². The molecule has 23 heavy (non-hydrogen) atoms. The van der Waals surface area contributed by atoms with Crippen molar-refractivity contribution in [3.8, 4) is 0 Å². The molecular formula is C18H30N4O. The van der Waals surface area contributed by atoms with Gasteiger partial charge in [0.05, 0.1) is 0 Å². The molecule has 5 nitrogen and oxygen atoms in total. The summed E-state index contributed by atoms with van der Waals surface area (Å²) in [6, 6.07) is 7.88. The maximum Gasteiger partial charge on any atom is 0.227 e. The lowest BCUT2D eigenvalue weighted by atomic mass is 10.1. The highest BCUT2D eigenvalue weighted by molar-refractivity contribution is 5.92. The second-order valence-corrected chi connectivity index (χ2v) is 6.20. The Morgan fingerprint density at radius 1 is 1.22 bits per heavy atom. The van der Waals surface area contributed by atoms with Gasteiger partial charge in [0.1, 0.15) is 0 Å². The number of benzene rings is 1. The number of aliphatic imine (C=N–C) groups is 1. The van der Waals surface area contributed by atoms with Crippen molar-refractivity contribution in [3.63, 3.8) is 0 Å². The van der Waals surface area contributed by atoms with E-state index in [2.05, 4.69) is 34.8 Å². The minimum atomic E-state index is 0.0239. The molecule has 0 aliphatic rings. The monoisotopic (exact) mass is 318 g/mol. The average molecular weight is 318 g/mol. The minimum Gasteiger partial charge on any atom is -0.356 e. The summed E-state index contributed by atoms with van der Waals surface area (Å²) < 4.78 is 0. The summed E-state index contributed by atoms with van der Waals surface area (Å²) in [4.78, 5) is 16.2. The maximum absolute atomic E-state index is 12.0. The third-order valence-corrected chi connectivity index (χ3v) is 3.62. The third-order valence-electron chi connectivity index (χ3n) is 3.62. The predicted molar refractivity (Wildman–Crippen MR) is 97.6 cm³/mol. The van der Waals surface area contributed by atoms with Crippen molar-refractivity contribution in [2.45, 2.75) is 40.7 Å². The summed E-state index contributed by atoms with van der Waals surface area (Å²) in [5.74, 6) is 1.43. The van der Waals surface area contributed by atoms with E-state index >= 15 is 0 Å². The summed E-state index contributed by atoms with van der Waals surface area (Å²) in [6.07, 6.45) is 0.838. The molecule has 0 saturated heterocycles. The number of carbonyl (C=O) groups excluding carboxylic acids is 1. The number of rotatable bonds is 7. The summed E-state index contributed by atoms with van der Waals surface area (Å²) in [5, 5.41) is 9.52. The number of nitrogens with zero attached hydrogens (tertiary/aromatic N) is 1. The van der Waals surface area contributed by atoms with Gasteiger partial charge in [-0.25, -0.2) is 0 Å². The Labute approximate surface area is 140 Å². The number of hydrogen-bond donors (Lipinski definition) is 3. The van der Waals surface area contributed by atoms with E-state index in [0.717, 1.165) is 30.2 Å². The van der Waals surface area contributed by atoms with E-state index in [1.165, 1.54) is 0 Å². The molecule has 0 bridgehead atoms. The Morgan fingerprint density at radius 3 is 2.57 bits per heavy atom. The van der Waals surface area contributed by atoms with Crippen LogP contribution < -0.4 is 16.0 Å². The van der Waals surface area contributed by atoms with Gasteiger partial charge in [-0.1, -0.05) is 39.8 Å². The van der Waals surface area contributed by atoms with Crippen LogP contribution in [0.15, 0.2) is 29.3 Å². The zero-order chi connectivity index (χ0) is 17.2. The Bertz CT molecular complexity index is 526. The van der Waals surface area contributed by atoms with E-state index in [1.807, 2.05) is 38.1 Å². The zero-order valence-electron chi connectivity index (χ0n) is 14.9. The van der Waals surface area contributed by atoms with Gasteiger partial charge in [0.2, 0.25) is 5.91 Å². The highest BCUT2D eigenvalue weighted by Crippen LogP contribution is 2.13. The molecule has 0 spiro atoms. The van der Waals surface area contributed by atoms with E-state index in [9.17, 15) is 4.79 Å². The summed E-state index contributed by atoms with van der Waals surface area (Å²) >= 11 is 0. The maximum atomic E-state index is 12.0. The van der Waals surface area contributed by atoms with E-state index in [-0.39, 0.29) is 11.8 Å². The molecule has 1 rings (SSSR count). The van der Waals surface area contributed by atoms with Crippen LogP contribution in [-0.4, -0.2) is 25.5 Å². The van der Waals surface area contributed by atoms with Crippen molar-refractivity contribution in [1.29, 1.82) is 0 Å². The van der Waals surface area contributed by atoms with Gasteiger partial charge in [0, 0.05) is 31.7 Å². The number of guanidine groups is 1. The first kappa shape index (κ1) is 19.0. The van der Waals surface area contributed by atoms with Crippen LogP contribution in [0.2, 0.25) is 0 Å². The molecule has 0 heterocycles. The van der Waals surface area contributed by atoms with Crippen molar-refractivity contribution in [2.75, 3.05) is 18.9 Å². The van der Waals surface area contributed by atoms with E-state index < -0.39 is 0 Å². The molecule has 0 saturated carbocycles. The Morgan fingerprint density at radius 2 is 1.96 bits per heavy atom. The molecule has 0 radical (unpaired) electrons. The fourth-order valence-electron chi connectivity index (χ4n) is 1.92. The molecular weight excluding hydrogens is 288 g/mol. The molecule has 1 aromatic rings. The number of hydrogen-bond acceptors (Lipinski definition) is 2. The molecule has 1 unspecified atom stereocenters. The van der Waals surface area contributed by atoms with Gasteiger partial charge < -0.3 is 16.0 Å². The summed E-state index contributed by atoms with van der Waals surface area (Å²) in [5.41, 5.74) is 1.93. The van der Waals surface area contributed by atoms with E-state index in [1.54, 1.807) is 7.05 Å². The lowest BCUT2D eigenvalue weighted by Crippen LogP contribution is -2.38. The highest BCUT2D eigenvalue weighted by atomic mass is 16.1. The molecule has 0 aliphatic heterocycles. The molecule has 0 aromatic heterocycles. The standard InChI is InChI=1S/C18H30N4O/c1-6-14(4)17(23)22-16-9-7-8-15(10-16)12-21-18(19-5)20-11-13(2)3/h7-10,13-14H,6,11-12H2,1-5H3,(H,22,23)(H2,19,20,21). The first-order valence-electron chi connectivity index (χ1n) is 8.30. The van der Waals surface area contributed by atoms with Gasteiger partial charge in [-0.2, -0.15) is 0 Å². The van der Waals surface area contributed by atoms with Crippen molar-refractivity contribution in [2.24, 2.45) is 16.8 Å². The van der Waals surface area contributed by atoms with Crippen LogP contribution in [-0.2, 0) is 11.3 Å². The largest absolute Gasteiger partial charge is 0.356 e. The highest BCUT2D eigenvalue weighted by Gasteiger charge is 2.10. The van der Waals surface area contributed by atoms with Crippen LogP contribution in [0.4, 0.5) is 5.69 Å². The van der Waals surface area contributed by atoms with Gasteiger partial charge in [0.25, 0.3) is 0 Å². The van der Waals surface area contributed by atoms with E-state index in [4.69, 9.17) is 0 Å². The van der Waals surface area contributed by atoms with Crippen LogP contribution in [0, 0.1) is 11.8 Å². The molecule has 1 amide bonds. The van der Waals surface area contributed by atoms with Crippen LogP contribution in [0.1, 0.15) is 39.7 Å². The van der Waals surface area contributed by atoms with Gasteiger partial charge in [-0.15, -0.1) is 0 Å². The lowest BCUT2D eigenvalue weighted by Gasteiger charge is -2.14. The second-order valence-electron chi connectivity index (χ2n) is 6.20. The second kappa shape index (κ2) is 9.87.